The molecule has 0 unspecified atom stereocenters. The predicted octanol–water partition coefficient (Wildman–Crippen LogP) is 2.33. The molecule has 0 amide bonds. The highest BCUT2D eigenvalue weighted by atomic mass is 35.5. The molecule has 0 saturated heterocycles. The van der Waals surface area contributed by atoms with E-state index in [0.717, 1.165) is 17.0 Å². The number of benzene rings is 1. The molecule has 1 aromatic heterocycles. The van der Waals surface area contributed by atoms with E-state index in [4.69, 9.17) is 11.6 Å². The van der Waals surface area contributed by atoms with Crippen molar-refractivity contribution in [3.63, 3.8) is 0 Å². The van der Waals surface area contributed by atoms with Crippen LogP contribution in [-0.4, -0.2) is 30.0 Å². The third-order valence-electron chi connectivity index (χ3n) is 2.94. The van der Waals surface area contributed by atoms with E-state index in [9.17, 15) is 4.79 Å². The van der Waals surface area contributed by atoms with Gasteiger partial charge in [-0.3, -0.25) is 10.2 Å². The van der Waals surface area contributed by atoms with E-state index in [1.54, 1.807) is 0 Å². The molecule has 2 rings (SSSR count). The third-order valence-corrected chi connectivity index (χ3v) is 3.32. The zero-order chi connectivity index (χ0) is 15.4. The number of nitrogens with one attached hydrogen (secondary N) is 2. The molecule has 0 fully saturated rings. The summed E-state index contributed by atoms with van der Waals surface area (Å²) in [4.78, 5) is 13.3. The van der Waals surface area contributed by atoms with Crippen LogP contribution in [0, 0.1) is 0 Å². The molecule has 6 nitrogen and oxygen atoms in total. The summed E-state index contributed by atoms with van der Waals surface area (Å²) in [7, 11) is 3.97. The number of aromatic amines is 1. The Bertz CT molecular complexity index is 706. The smallest absolute Gasteiger partial charge is 0.285 e. The molecular formula is C14H16ClN5O. The van der Waals surface area contributed by atoms with Gasteiger partial charge in [0, 0.05) is 19.8 Å². The van der Waals surface area contributed by atoms with Crippen LogP contribution in [0.1, 0.15) is 12.5 Å². The molecule has 0 aliphatic carbocycles. The molecule has 21 heavy (non-hydrogen) atoms. The van der Waals surface area contributed by atoms with Gasteiger partial charge in [-0.1, -0.05) is 23.7 Å². The highest BCUT2D eigenvalue weighted by Gasteiger charge is 2.04. The van der Waals surface area contributed by atoms with Crippen molar-refractivity contribution in [3.8, 4) is 0 Å². The van der Waals surface area contributed by atoms with Crippen LogP contribution >= 0.6 is 11.6 Å². The number of anilines is 2. The molecule has 2 N–H and O–H groups in total. The minimum Gasteiger partial charge on any atom is -0.378 e. The minimum absolute atomic E-state index is 0.0319. The number of H-pyrrole nitrogens is 1. The summed E-state index contributed by atoms with van der Waals surface area (Å²) in [5.74, 6) is 0. The highest BCUT2D eigenvalue weighted by molar-refractivity contribution is 6.32. The lowest BCUT2D eigenvalue weighted by Gasteiger charge is -2.12. The van der Waals surface area contributed by atoms with Crippen LogP contribution in [-0.2, 0) is 0 Å². The molecule has 7 heteroatoms. The van der Waals surface area contributed by atoms with Gasteiger partial charge < -0.3 is 4.90 Å². The second-order valence-electron chi connectivity index (χ2n) is 4.68. The first-order valence-electron chi connectivity index (χ1n) is 6.30. The quantitative estimate of drug-likeness (QED) is 0.671. The Kier molecular flexibility index (Phi) is 4.59. The third kappa shape index (κ3) is 3.61. The summed E-state index contributed by atoms with van der Waals surface area (Å²) in [6.45, 7) is 1.87. The van der Waals surface area contributed by atoms with Gasteiger partial charge in [0.25, 0.3) is 5.56 Å². The molecule has 0 aliphatic heterocycles. The van der Waals surface area contributed by atoms with Crippen LogP contribution in [0.25, 0.3) is 0 Å². The fraction of sp³-hybridized carbons (Fsp3) is 0.214. The van der Waals surface area contributed by atoms with E-state index in [1.165, 1.54) is 6.20 Å². The molecule has 0 atom stereocenters. The maximum Gasteiger partial charge on any atom is 0.285 e. The summed E-state index contributed by atoms with van der Waals surface area (Å²) >= 11 is 5.86. The zero-order valence-electron chi connectivity index (χ0n) is 12.0. The van der Waals surface area contributed by atoms with Crippen LogP contribution in [0.2, 0.25) is 5.02 Å². The van der Waals surface area contributed by atoms with Crippen molar-refractivity contribution in [2.24, 2.45) is 5.10 Å². The normalized spacial score (nSPS) is 11.3. The second-order valence-corrected chi connectivity index (χ2v) is 5.06. The molecule has 0 saturated carbocycles. The number of nitrogens with zero attached hydrogens (tertiary/aromatic N) is 3. The molecule has 0 aliphatic rings. The van der Waals surface area contributed by atoms with Crippen LogP contribution in [0.3, 0.4) is 0 Å². The van der Waals surface area contributed by atoms with Gasteiger partial charge in [-0.15, -0.1) is 0 Å². The van der Waals surface area contributed by atoms with Gasteiger partial charge in [0.15, 0.2) is 0 Å². The Morgan fingerprint density at radius 2 is 2.00 bits per heavy atom. The molecule has 2 aromatic rings. The molecule has 0 radical (unpaired) electrons. The largest absolute Gasteiger partial charge is 0.378 e. The monoisotopic (exact) mass is 305 g/mol. The number of halogens is 1. The predicted molar refractivity (Wildman–Crippen MR) is 86.5 cm³/mol. The van der Waals surface area contributed by atoms with E-state index in [0.29, 0.717) is 5.69 Å². The zero-order valence-corrected chi connectivity index (χ0v) is 12.8. The summed E-state index contributed by atoms with van der Waals surface area (Å²) in [6.07, 6.45) is 1.41. The van der Waals surface area contributed by atoms with Gasteiger partial charge >= 0.3 is 0 Å². The van der Waals surface area contributed by atoms with Gasteiger partial charge in [0.1, 0.15) is 10.7 Å². The Morgan fingerprint density at radius 1 is 1.33 bits per heavy atom. The summed E-state index contributed by atoms with van der Waals surface area (Å²) in [6, 6.07) is 7.98. The fourth-order valence-corrected chi connectivity index (χ4v) is 1.80. The highest BCUT2D eigenvalue weighted by Crippen LogP contribution is 2.16. The molecule has 0 bridgehead atoms. The number of hydrazone groups is 1. The number of rotatable bonds is 4. The van der Waals surface area contributed by atoms with Gasteiger partial charge in [-0.25, -0.2) is 5.10 Å². The number of hydrogen-bond acceptors (Lipinski definition) is 5. The van der Waals surface area contributed by atoms with Gasteiger partial charge in [-0.2, -0.15) is 10.2 Å². The maximum absolute atomic E-state index is 11.3. The first-order chi connectivity index (χ1) is 9.99. The molecule has 110 valence electrons. The van der Waals surface area contributed by atoms with E-state index in [-0.39, 0.29) is 5.02 Å². The first kappa shape index (κ1) is 15.1. The Balaban J connectivity index is 2.17. The Morgan fingerprint density at radius 3 is 2.62 bits per heavy atom. The lowest BCUT2D eigenvalue weighted by atomic mass is 10.1. The fourth-order valence-electron chi connectivity index (χ4n) is 1.67. The van der Waals surface area contributed by atoms with Crippen molar-refractivity contribution < 1.29 is 0 Å². The molecule has 0 spiro atoms. The lowest BCUT2D eigenvalue weighted by Crippen LogP contribution is -2.11. The minimum atomic E-state index is -0.454. The van der Waals surface area contributed by atoms with E-state index in [1.807, 2.05) is 50.2 Å². The van der Waals surface area contributed by atoms with Crippen LogP contribution in [0.5, 0.6) is 0 Å². The SMILES string of the molecule is C/C(=N/Nc1cn[nH]c(=O)c1Cl)c1ccc(N(C)C)cc1. The van der Waals surface area contributed by atoms with Crippen molar-refractivity contribution in [2.75, 3.05) is 24.4 Å². The average molecular weight is 306 g/mol. The average Bonchev–Trinajstić information content (AvgIpc) is 2.48. The van der Waals surface area contributed by atoms with Crippen molar-refractivity contribution >= 4 is 28.7 Å². The molecule has 1 aromatic carbocycles. The molecular weight excluding hydrogens is 290 g/mol. The maximum atomic E-state index is 11.3. The first-order valence-corrected chi connectivity index (χ1v) is 6.68. The van der Waals surface area contributed by atoms with Crippen molar-refractivity contribution in [2.45, 2.75) is 6.92 Å². The van der Waals surface area contributed by atoms with Crippen molar-refractivity contribution in [3.05, 3.63) is 51.4 Å². The number of aromatic nitrogens is 2. The topological polar surface area (TPSA) is 73.4 Å². The van der Waals surface area contributed by atoms with Gasteiger partial charge in [-0.05, 0) is 24.6 Å². The van der Waals surface area contributed by atoms with E-state index < -0.39 is 5.56 Å². The summed E-state index contributed by atoms with van der Waals surface area (Å²) < 4.78 is 0. The van der Waals surface area contributed by atoms with Crippen LogP contribution in [0.4, 0.5) is 11.4 Å². The Hall–Kier alpha value is -2.34. The van der Waals surface area contributed by atoms with E-state index >= 15 is 0 Å². The van der Waals surface area contributed by atoms with Gasteiger partial charge in [0.2, 0.25) is 0 Å². The summed E-state index contributed by atoms with van der Waals surface area (Å²) in [5, 5.41) is 10.2. The van der Waals surface area contributed by atoms with Crippen LogP contribution < -0.4 is 15.9 Å². The standard InChI is InChI=1S/C14H16ClN5O/c1-9(10-4-6-11(7-5-10)20(2)3)17-18-12-8-16-19-14(21)13(12)15/h4-8H,1-3H3,(H2,18,19,21)/b17-9-. The Labute approximate surface area is 127 Å². The molecule has 1 heterocycles. The van der Waals surface area contributed by atoms with Crippen molar-refractivity contribution in [1.29, 1.82) is 0 Å². The van der Waals surface area contributed by atoms with Crippen molar-refractivity contribution in [1.82, 2.24) is 10.2 Å². The number of hydrogen-bond donors (Lipinski definition) is 2. The van der Waals surface area contributed by atoms with Gasteiger partial charge in [0.05, 0.1) is 11.9 Å². The second kappa shape index (κ2) is 6.41. The van der Waals surface area contributed by atoms with Crippen LogP contribution in [0.15, 0.2) is 40.4 Å². The summed E-state index contributed by atoms with van der Waals surface area (Å²) in [5.41, 5.74) is 5.53. The van der Waals surface area contributed by atoms with E-state index in [2.05, 4.69) is 20.7 Å². The lowest BCUT2D eigenvalue weighted by molar-refractivity contribution is 0.986.